The van der Waals surface area contributed by atoms with Crippen LogP contribution in [0.15, 0.2) is 48.6 Å². The van der Waals surface area contributed by atoms with Crippen molar-refractivity contribution >= 4 is 11.8 Å². The van der Waals surface area contributed by atoms with Crippen molar-refractivity contribution in [3.8, 4) is 0 Å². The van der Waals surface area contributed by atoms with Gasteiger partial charge in [-0.15, -0.1) is 0 Å². The van der Waals surface area contributed by atoms with Gasteiger partial charge in [-0.3, -0.25) is 9.59 Å². The molecule has 4 nitrogen and oxygen atoms in total. The van der Waals surface area contributed by atoms with Crippen LogP contribution in [-0.2, 0) is 30.3 Å². The monoisotopic (exact) mass is 296 g/mol. The van der Waals surface area contributed by atoms with E-state index in [-0.39, 0.29) is 17.7 Å². The second-order valence-corrected chi connectivity index (χ2v) is 5.91. The highest BCUT2D eigenvalue weighted by atomic mass is 16.6. The third-order valence-corrected chi connectivity index (χ3v) is 4.63. The zero-order chi connectivity index (χ0) is 15.4. The van der Waals surface area contributed by atoms with Crippen LogP contribution in [0.2, 0.25) is 0 Å². The Morgan fingerprint density at radius 1 is 1.27 bits per heavy atom. The number of hydrogen-bond donors (Lipinski definition) is 0. The summed E-state index contributed by atoms with van der Waals surface area (Å²) in [4.78, 5) is 23.6. The summed E-state index contributed by atoms with van der Waals surface area (Å²) in [5.41, 5.74) is 0.669. The number of ether oxygens (including phenoxy) is 2. The summed E-state index contributed by atoms with van der Waals surface area (Å²) in [6.07, 6.45) is 7.24. The van der Waals surface area contributed by atoms with Crippen LogP contribution in [0.1, 0.15) is 24.5 Å². The topological polar surface area (TPSA) is 52.6 Å². The van der Waals surface area contributed by atoms with Gasteiger partial charge < -0.3 is 9.47 Å². The van der Waals surface area contributed by atoms with Crippen molar-refractivity contribution < 1.29 is 19.1 Å². The standard InChI is InChI=1S/C18H16O4/c1-2-21-16(20)15-11-18(15)14-6-4-3-5-13(14)17(22-18)9-7-12(19)8-10-17/h3-10,15H,2,11H2,1H3/t15-,18-/m1/s1. The summed E-state index contributed by atoms with van der Waals surface area (Å²) in [5.74, 6) is -0.535. The average molecular weight is 296 g/mol. The molecule has 1 aromatic rings. The molecule has 0 N–H and O–H groups in total. The molecule has 2 spiro atoms. The molecule has 0 bridgehead atoms. The van der Waals surface area contributed by atoms with Gasteiger partial charge in [0.05, 0.1) is 12.5 Å². The zero-order valence-corrected chi connectivity index (χ0v) is 12.2. The van der Waals surface area contributed by atoms with Gasteiger partial charge in [0, 0.05) is 0 Å². The molecule has 0 unspecified atom stereocenters. The lowest BCUT2D eigenvalue weighted by Crippen LogP contribution is -2.26. The van der Waals surface area contributed by atoms with Crippen molar-refractivity contribution in [3.63, 3.8) is 0 Å². The van der Waals surface area contributed by atoms with Gasteiger partial charge in [-0.25, -0.2) is 0 Å². The van der Waals surface area contributed by atoms with Crippen molar-refractivity contribution in [1.82, 2.24) is 0 Å². The van der Waals surface area contributed by atoms with Crippen LogP contribution in [0.3, 0.4) is 0 Å². The lowest BCUT2D eigenvalue weighted by Gasteiger charge is -2.25. The molecular weight excluding hydrogens is 280 g/mol. The van der Waals surface area contributed by atoms with E-state index in [2.05, 4.69) is 0 Å². The van der Waals surface area contributed by atoms with E-state index in [0.29, 0.717) is 13.0 Å². The third-order valence-electron chi connectivity index (χ3n) is 4.63. The van der Waals surface area contributed by atoms with Gasteiger partial charge in [0.25, 0.3) is 0 Å². The Kier molecular flexibility index (Phi) is 2.69. The molecule has 2 atom stereocenters. The van der Waals surface area contributed by atoms with Crippen LogP contribution in [0, 0.1) is 5.92 Å². The Morgan fingerprint density at radius 2 is 1.95 bits per heavy atom. The first-order valence-electron chi connectivity index (χ1n) is 7.50. The second kappa shape index (κ2) is 4.40. The first-order chi connectivity index (χ1) is 10.6. The van der Waals surface area contributed by atoms with Gasteiger partial charge in [-0.1, -0.05) is 24.3 Å². The fourth-order valence-electron chi connectivity index (χ4n) is 3.55. The summed E-state index contributed by atoms with van der Waals surface area (Å²) < 4.78 is 11.5. The number of esters is 1. The highest BCUT2D eigenvalue weighted by Gasteiger charge is 2.69. The molecule has 0 amide bonds. The minimum atomic E-state index is -0.744. The molecule has 1 aliphatic heterocycles. The smallest absolute Gasteiger partial charge is 0.312 e. The number of fused-ring (bicyclic) bond motifs is 3. The molecule has 4 heteroatoms. The van der Waals surface area contributed by atoms with Crippen LogP contribution in [0.25, 0.3) is 0 Å². The molecule has 1 fully saturated rings. The van der Waals surface area contributed by atoms with Crippen molar-refractivity contribution in [2.75, 3.05) is 6.61 Å². The van der Waals surface area contributed by atoms with E-state index in [4.69, 9.17) is 9.47 Å². The summed E-state index contributed by atoms with van der Waals surface area (Å²) in [5, 5.41) is 0. The number of rotatable bonds is 2. The van der Waals surface area contributed by atoms with Gasteiger partial charge in [0.1, 0.15) is 11.2 Å². The summed E-state index contributed by atoms with van der Waals surface area (Å²) in [6.45, 7) is 2.17. The van der Waals surface area contributed by atoms with E-state index >= 15 is 0 Å². The highest BCUT2D eigenvalue weighted by molar-refractivity contribution is 6.00. The van der Waals surface area contributed by atoms with Crippen LogP contribution in [0.5, 0.6) is 0 Å². The quantitative estimate of drug-likeness (QED) is 0.786. The third kappa shape index (κ3) is 1.67. The normalized spacial score (nSPS) is 29.9. The largest absolute Gasteiger partial charge is 0.466 e. The number of carbonyl (C=O) groups is 2. The van der Waals surface area contributed by atoms with Crippen LogP contribution in [-0.4, -0.2) is 18.4 Å². The molecule has 1 heterocycles. The Hall–Kier alpha value is -2.20. The van der Waals surface area contributed by atoms with Crippen molar-refractivity contribution in [1.29, 1.82) is 0 Å². The van der Waals surface area contributed by atoms with E-state index in [0.717, 1.165) is 11.1 Å². The van der Waals surface area contributed by atoms with Crippen LogP contribution in [0.4, 0.5) is 0 Å². The molecule has 3 aliphatic rings. The maximum Gasteiger partial charge on any atom is 0.312 e. The van der Waals surface area contributed by atoms with E-state index in [1.54, 1.807) is 19.1 Å². The van der Waals surface area contributed by atoms with Crippen molar-refractivity contribution in [3.05, 3.63) is 59.7 Å². The summed E-state index contributed by atoms with van der Waals surface area (Å²) >= 11 is 0. The fraction of sp³-hybridized carbons (Fsp3) is 0.333. The zero-order valence-electron chi connectivity index (χ0n) is 12.2. The summed E-state index contributed by atoms with van der Waals surface area (Å²) in [7, 11) is 0. The first-order valence-corrected chi connectivity index (χ1v) is 7.50. The molecule has 0 radical (unpaired) electrons. The SMILES string of the molecule is CCOC(=O)[C@H]1C[C@]12OC1(C=CC(=O)C=C1)c1ccccc12. The molecular formula is C18H16O4. The van der Waals surface area contributed by atoms with E-state index in [1.807, 2.05) is 24.3 Å². The predicted octanol–water partition coefficient (Wildman–Crippen LogP) is 2.39. The molecule has 4 rings (SSSR count). The second-order valence-electron chi connectivity index (χ2n) is 5.91. The molecule has 22 heavy (non-hydrogen) atoms. The predicted molar refractivity (Wildman–Crippen MR) is 78.9 cm³/mol. The van der Waals surface area contributed by atoms with Gasteiger partial charge >= 0.3 is 5.97 Å². The average Bonchev–Trinajstić information content (AvgIpc) is 3.18. The highest BCUT2D eigenvalue weighted by Crippen LogP contribution is 2.65. The van der Waals surface area contributed by atoms with E-state index < -0.39 is 11.2 Å². The Bertz CT molecular complexity index is 714. The number of carbonyl (C=O) groups excluding carboxylic acids is 2. The lowest BCUT2D eigenvalue weighted by atomic mass is 9.87. The number of benzene rings is 1. The minimum Gasteiger partial charge on any atom is -0.466 e. The number of ketones is 1. The maximum absolute atomic E-state index is 12.1. The number of hydrogen-bond acceptors (Lipinski definition) is 4. The fourth-order valence-corrected chi connectivity index (χ4v) is 3.55. The molecule has 2 aliphatic carbocycles. The Balaban J connectivity index is 1.77. The van der Waals surface area contributed by atoms with Gasteiger partial charge in [0.2, 0.25) is 0 Å². The van der Waals surface area contributed by atoms with Gasteiger partial charge in [-0.2, -0.15) is 0 Å². The first kappa shape index (κ1) is 13.5. The lowest BCUT2D eigenvalue weighted by molar-refractivity contribution is -0.148. The minimum absolute atomic E-state index is 0.0506. The van der Waals surface area contributed by atoms with E-state index in [9.17, 15) is 9.59 Å². The van der Waals surface area contributed by atoms with E-state index in [1.165, 1.54) is 12.2 Å². The Morgan fingerprint density at radius 3 is 2.64 bits per heavy atom. The molecule has 0 saturated heterocycles. The maximum atomic E-state index is 12.1. The van der Waals surface area contributed by atoms with Crippen molar-refractivity contribution in [2.45, 2.75) is 24.5 Å². The van der Waals surface area contributed by atoms with Gasteiger partial charge in [0.15, 0.2) is 5.78 Å². The molecule has 1 saturated carbocycles. The molecule has 112 valence electrons. The summed E-state index contributed by atoms with van der Waals surface area (Å²) in [6, 6.07) is 7.89. The Labute approximate surface area is 128 Å². The number of allylic oxidation sites excluding steroid dienone is 2. The van der Waals surface area contributed by atoms with Gasteiger partial charge in [-0.05, 0) is 48.8 Å². The molecule has 1 aromatic carbocycles. The van der Waals surface area contributed by atoms with Crippen molar-refractivity contribution in [2.24, 2.45) is 5.92 Å². The van der Waals surface area contributed by atoms with Crippen LogP contribution >= 0.6 is 0 Å². The molecule has 0 aromatic heterocycles. The van der Waals surface area contributed by atoms with Crippen LogP contribution < -0.4 is 0 Å².